The highest BCUT2D eigenvalue weighted by Gasteiger charge is 2.10. The molecule has 1 N–H and O–H groups in total. The lowest BCUT2D eigenvalue weighted by Gasteiger charge is -2.06. The van der Waals surface area contributed by atoms with Gasteiger partial charge in [0, 0.05) is 10.9 Å². The number of hydrogen-bond acceptors (Lipinski definition) is 3. The van der Waals surface area contributed by atoms with Crippen molar-refractivity contribution in [1.82, 2.24) is 0 Å². The normalized spacial score (nSPS) is 10.8. The van der Waals surface area contributed by atoms with Gasteiger partial charge in [0.15, 0.2) is 11.3 Å². The largest absolute Gasteiger partial charge is 0.504 e. The zero-order chi connectivity index (χ0) is 13.2. The lowest BCUT2D eigenvalue weighted by atomic mass is 10.2. The molecule has 0 spiro atoms. The van der Waals surface area contributed by atoms with Gasteiger partial charge >= 0.3 is 0 Å². The molecule has 1 heterocycles. The second-order valence-corrected chi connectivity index (χ2v) is 4.54. The Hall–Kier alpha value is -2.13. The fourth-order valence-corrected chi connectivity index (χ4v) is 2.11. The van der Waals surface area contributed by atoms with Crippen molar-refractivity contribution in [3.63, 3.8) is 0 Å². The first kappa shape index (κ1) is 11.9. The highest BCUT2D eigenvalue weighted by molar-refractivity contribution is 6.32. The number of rotatable bonds is 3. The Bertz CT molecular complexity index is 718. The summed E-state index contributed by atoms with van der Waals surface area (Å²) in [5.41, 5.74) is 1.34. The summed E-state index contributed by atoms with van der Waals surface area (Å²) in [4.78, 5) is 0. The van der Waals surface area contributed by atoms with Crippen molar-refractivity contribution >= 4 is 22.6 Å². The molecule has 0 aliphatic carbocycles. The molecule has 3 nitrogen and oxygen atoms in total. The molecular formula is C15H11ClO3. The van der Waals surface area contributed by atoms with Crippen LogP contribution in [0.25, 0.3) is 11.0 Å². The zero-order valence-corrected chi connectivity index (χ0v) is 10.7. The third-order valence-electron chi connectivity index (χ3n) is 2.88. The van der Waals surface area contributed by atoms with Crippen LogP contribution < -0.4 is 4.74 Å². The number of phenolic OH excluding ortho intramolecular Hbond substituents is 1. The van der Waals surface area contributed by atoms with Crippen molar-refractivity contribution in [2.24, 2.45) is 0 Å². The molecule has 19 heavy (non-hydrogen) atoms. The van der Waals surface area contributed by atoms with Gasteiger partial charge in [-0.05, 0) is 18.2 Å². The summed E-state index contributed by atoms with van der Waals surface area (Å²) < 4.78 is 11.0. The van der Waals surface area contributed by atoms with Crippen LogP contribution in [0.5, 0.6) is 11.5 Å². The number of para-hydroxylation sites is 2. The summed E-state index contributed by atoms with van der Waals surface area (Å²) in [6, 6.07) is 12.5. The van der Waals surface area contributed by atoms with E-state index in [9.17, 15) is 5.11 Å². The first-order valence-electron chi connectivity index (χ1n) is 5.81. The molecule has 3 aromatic rings. The molecule has 0 aliphatic heterocycles. The molecule has 0 radical (unpaired) electrons. The highest BCUT2D eigenvalue weighted by atomic mass is 35.5. The lowest BCUT2D eigenvalue weighted by Crippen LogP contribution is -1.94. The number of fused-ring (bicyclic) bond motifs is 1. The SMILES string of the molecule is Oc1cccc2c(COc3ccccc3Cl)coc12. The van der Waals surface area contributed by atoms with E-state index in [0.29, 0.717) is 23.0 Å². The number of benzene rings is 2. The quantitative estimate of drug-likeness (QED) is 0.771. The maximum absolute atomic E-state index is 9.66. The number of aromatic hydroxyl groups is 1. The molecule has 0 unspecified atom stereocenters. The van der Waals surface area contributed by atoms with Gasteiger partial charge in [-0.15, -0.1) is 0 Å². The zero-order valence-electron chi connectivity index (χ0n) is 9.97. The van der Waals surface area contributed by atoms with Crippen molar-refractivity contribution in [2.45, 2.75) is 6.61 Å². The molecule has 0 saturated carbocycles. The Morgan fingerprint density at radius 2 is 1.95 bits per heavy atom. The molecule has 0 atom stereocenters. The summed E-state index contributed by atoms with van der Waals surface area (Å²) in [5, 5.41) is 11.1. The third-order valence-corrected chi connectivity index (χ3v) is 3.19. The van der Waals surface area contributed by atoms with Gasteiger partial charge in [-0.2, -0.15) is 0 Å². The van der Waals surface area contributed by atoms with E-state index in [1.54, 1.807) is 24.5 Å². The van der Waals surface area contributed by atoms with Crippen LogP contribution in [0.1, 0.15) is 5.56 Å². The minimum absolute atomic E-state index is 0.126. The molecule has 0 fully saturated rings. The van der Waals surface area contributed by atoms with Crippen LogP contribution in [0, 0.1) is 0 Å². The van der Waals surface area contributed by atoms with Gasteiger partial charge in [0.25, 0.3) is 0 Å². The summed E-state index contributed by atoms with van der Waals surface area (Å²) in [5.74, 6) is 0.750. The average Bonchev–Trinajstić information content (AvgIpc) is 2.83. The molecule has 3 rings (SSSR count). The van der Waals surface area contributed by atoms with E-state index in [-0.39, 0.29) is 5.75 Å². The summed E-state index contributed by atoms with van der Waals surface area (Å²) in [7, 11) is 0. The maximum Gasteiger partial charge on any atom is 0.175 e. The molecule has 0 amide bonds. The molecule has 1 aromatic heterocycles. The second-order valence-electron chi connectivity index (χ2n) is 4.13. The second kappa shape index (κ2) is 4.86. The minimum atomic E-state index is 0.126. The Labute approximate surface area is 115 Å². The van der Waals surface area contributed by atoms with Crippen LogP contribution in [-0.4, -0.2) is 5.11 Å². The first-order chi connectivity index (χ1) is 9.25. The molecular weight excluding hydrogens is 264 g/mol. The van der Waals surface area contributed by atoms with Crippen LogP contribution >= 0.6 is 11.6 Å². The number of furan rings is 1. The molecule has 0 aliphatic rings. The standard InChI is InChI=1S/C15H11ClO3/c16-12-5-1-2-7-14(12)18-8-10-9-19-15-11(10)4-3-6-13(15)17/h1-7,9,17H,8H2. The van der Waals surface area contributed by atoms with E-state index in [1.807, 2.05) is 24.3 Å². The summed E-state index contributed by atoms with van der Waals surface area (Å²) in [6.07, 6.45) is 1.58. The van der Waals surface area contributed by atoms with Crippen molar-refractivity contribution < 1.29 is 14.3 Å². The first-order valence-corrected chi connectivity index (χ1v) is 6.19. The fraction of sp³-hybridized carbons (Fsp3) is 0.0667. The molecule has 96 valence electrons. The Kier molecular flexibility index (Phi) is 3.05. The van der Waals surface area contributed by atoms with Crippen molar-refractivity contribution in [3.8, 4) is 11.5 Å². The van der Waals surface area contributed by atoms with E-state index in [2.05, 4.69) is 0 Å². The number of hydrogen-bond donors (Lipinski definition) is 1. The summed E-state index contributed by atoms with van der Waals surface area (Å²) >= 11 is 6.02. The van der Waals surface area contributed by atoms with E-state index in [0.717, 1.165) is 10.9 Å². The third kappa shape index (κ3) is 2.25. The molecule has 0 saturated heterocycles. The van der Waals surface area contributed by atoms with E-state index < -0.39 is 0 Å². The number of halogens is 1. The predicted octanol–water partition coefficient (Wildman–Crippen LogP) is 4.37. The molecule has 2 aromatic carbocycles. The van der Waals surface area contributed by atoms with Gasteiger partial charge in [0.2, 0.25) is 0 Å². The fourth-order valence-electron chi connectivity index (χ4n) is 1.92. The predicted molar refractivity (Wildman–Crippen MR) is 73.7 cm³/mol. The van der Waals surface area contributed by atoms with Crippen LogP contribution in [-0.2, 0) is 6.61 Å². The van der Waals surface area contributed by atoms with Crippen LogP contribution in [0.15, 0.2) is 53.1 Å². The van der Waals surface area contributed by atoms with Gasteiger partial charge in [0.05, 0.1) is 11.3 Å². The monoisotopic (exact) mass is 274 g/mol. The van der Waals surface area contributed by atoms with Gasteiger partial charge in [0.1, 0.15) is 12.4 Å². The van der Waals surface area contributed by atoms with Gasteiger partial charge in [-0.3, -0.25) is 0 Å². The number of phenols is 1. The van der Waals surface area contributed by atoms with Crippen molar-refractivity contribution in [2.75, 3.05) is 0 Å². The van der Waals surface area contributed by atoms with Crippen LogP contribution in [0.4, 0.5) is 0 Å². The van der Waals surface area contributed by atoms with Gasteiger partial charge in [-0.1, -0.05) is 35.9 Å². The highest BCUT2D eigenvalue weighted by Crippen LogP contribution is 2.30. The van der Waals surface area contributed by atoms with Crippen LogP contribution in [0.2, 0.25) is 5.02 Å². The van der Waals surface area contributed by atoms with Crippen LogP contribution in [0.3, 0.4) is 0 Å². The van der Waals surface area contributed by atoms with Crippen molar-refractivity contribution in [3.05, 3.63) is 59.3 Å². The average molecular weight is 275 g/mol. The van der Waals surface area contributed by atoms with E-state index >= 15 is 0 Å². The Morgan fingerprint density at radius 3 is 2.79 bits per heavy atom. The van der Waals surface area contributed by atoms with Gasteiger partial charge in [-0.25, -0.2) is 0 Å². The number of ether oxygens (including phenoxy) is 1. The maximum atomic E-state index is 9.66. The van der Waals surface area contributed by atoms with E-state index in [1.165, 1.54) is 0 Å². The lowest BCUT2D eigenvalue weighted by molar-refractivity contribution is 0.306. The summed E-state index contributed by atoms with van der Waals surface area (Å²) in [6.45, 7) is 0.334. The van der Waals surface area contributed by atoms with Gasteiger partial charge < -0.3 is 14.3 Å². The Morgan fingerprint density at radius 1 is 1.11 bits per heavy atom. The smallest absolute Gasteiger partial charge is 0.175 e. The van der Waals surface area contributed by atoms with E-state index in [4.69, 9.17) is 20.8 Å². The topological polar surface area (TPSA) is 42.6 Å². The molecule has 4 heteroatoms. The Balaban J connectivity index is 1.87. The van der Waals surface area contributed by atoms with Crippen molar-refractivity contribution in [1.29, 1.82) is 0 Å². The minimum Gasteiger partial charge on any atom is -0.504 e. The molecule has 0 bridgehead atoms.